The maximum atomic E-state index is 3.83. The van der Waals surface area contributed by atoms with E-state index in [2.05, 4.69) is 33.6 Å². The number of hydrogen-bond acceptors (Lipinski definition) is 5. The number of hydrogen-bond donors (Lipinski definition) is 1. The molecule has 0 amide bonds. The monoisotopic (exact) mass is 215 g/mol. The van der Waals surface area contributed by atoms with Gasteiger partial charge in [-0.25, -0.2) is 0 Å². The van der Waals surface area contributed by atoms with Crippen LogP contribution in [0.2, 0.25) is 0 Å². The lowest BCUT2D eigenvalue weighted by Gasteiger charge is -2.09. The van der Waals surface area contributed by atoms with Crippen LogP contribution >= 0.6 is 23.3 Å². The lowest BCUT2D eigenvalue weighted by atomic mass is 10.2. The smallest absolute Gasteiger partial charge is 0.0666 e. The Balaban J connectivity index is 1.74. The highest BCUT2D eigenvalue weighted by Gasteiger charge is 2.20. The van der Waals surface area contributed by atoms with Gasteiger partial charge < -0.3 is 5.32 Å². The van der Waals surface area contributed by atoms with Crippen molar-refractivity contribution in [3.8, 4) is 0 Å². The van der Waals surface area contributed by atoms with Crippen molar-refractivity contribution >= 4 is 23.3 Å². The molecule has 0 spiro atoms. The van der Waals surface area contributed by atoms with Gasteiger partial charge in [0.1, 0.15) is 0 Å². The van der Waals surface area contributed by atoms with Gasteiger partial charge >= 0.3 is 0 Å². The first-order valence-electron chi connectivity index (χ1n) is 4.46. The highest BCUT2D eigenvalue weighted by molar-refractivity contribution is 8.00. The van der Waals surface area contributed by atoms with Gasteiger partial charge in [-0.05, 0) is 18.0 Å². The fraction of sp³-hybridized carbons (Fsp3) is 0.750. The summed E-state index contributed by atoms with van der Waals surface area (Å²) >= 11 is 3.53. The van der Waals surface area contributed by atoms with E-state index in [1.165, 1.54) is 28.6 Å². The van der Waals surface area contributed by atoms with Crippen molar-refractivity contribution in [1.29, 1.82) is 0 Å². The highest BCUT2D eigenvalue weighted by Crippen LogP contribution is 2.26. The first-order chi connectivity index (χ1) is 6.34. The van der Waals surface area contributed by atoms with E-state index >= 15 is 0 Å². The molecule has 1 aliphatic heterocycles. The lowest BCUT2D eigenvalue weighted by molar-refractivity contribution is 0.541. The molecule has 1 N–H and O–H groups in total. The standard InChI is InChI=1S/C8H13N3S2/c1-6-2-7(5-12-6)9-3-8-4-10-11-13-8/h4,6-7,9H,2-3,5H2,1H3. The van der Waals surface area contributed by atoms with Crippen molar-refractivity contribution in [2.45, 2.75) is 31.2 Å². The van der Waals surface area contributed by atoms with Crippen molar-refractivity contribution in [2.75, 3.05) is 5.75 Å². The second kappa shape index (κ2) is 4.39. The van der Waals surface area contributed by atoms with E-state index in [4.69, 9.17) is 0 Å². The summed E-state index contributed by atoms with van der Waals surface area (Å²) in [6.45, 7) is 3.22. The third-order valence-electron chi connectivity index (χ3n) is 2.17. The first-order valence-corrected chi connectivity index (χ1v) is 6.28. The van der Waals surface area contributed by atoms with E-state index in [0.717, 1.165) is 11.8 Å². The van der Waals surface area contributed by atoms with Crippen LogP contribution < -0.4 is 5.32 Å². The predicted octanol–water partition coefficient (Wildman–Crippen LogP) is 1.52. The third-order valence-corrected chi connectivity index (χ3v) is 4.19. The molecule has 0 bridgehead atoms. The van der Waals surface area contributed by atoms with Crippen LogP contribution in [-0.2, 0) is 6.54 Å². The fourth-order valence-electron chi connectivity index (χ4n) is 1.47. The molecule has 1 aromatic rings. The van der Waals surface area contributed by atoms with Crippen LogP contribution in [0.15, 0.2) is 6.20 Å². The van der Waals surface area contributed by atoms with Gasteiger partial charge in [0.15, 0.2) is 0 Å². The normalized spacial score (nSPS) is 28.1. The Kier molecular flexibility index (Phi) is 3.18. The molecule has 2 heterocycles. The van der Waals surface area contributed by atoms with Crippen LogP contribution in [0.25, 0.3) is 0 Å². The zero-order chi connectivity index (χ0) is 9.10. The molecule has 13 heavy (non-hydrogen) atoms. The summed E-state index contributed by atoms with van der Waals surface area (Å²) in [5.74, 6) is 1.24. The minimum Gasteiger partial charge on any atom is -0.308 e. The Morgan fingerprint density at radius 3 is 3.23 bits per heavy atom. The molecule has 1 saturated heterocycles. The Hall–Kier alpha value is -0.130. The molecule has 5 heteroatoms. The average Bonchev–Trinajstić information content (AvgIpc) is 2.71. The average molecular weight is 215 g/mol. The van der Waals surface area contributed by atoms with Crippen LogP contribution in [0.1, 0.15) is 18.2 Å². The maximum Gasteiger partial charge on any atom is 0.0666 e. The Morgan fingerprint density at radius 2 is 2.62 bits per heavy atom. The molecule has 2 rings (SSSR count). The summed E-state index contributed by atoms with van der Waals surface area (Å²) in [5.41, 5.74) is 0. The van der Waals surface area contributed by atoms with Gasteiger partial charge in [0.05, 0.1) is 11.1 Å². The lowest BCUT2D eigenvalue weighted by Crippen LogP contribution is -2.28. The fourth-order valence-corrected chi connectivity index (χ4v) is 3.09. The molecule has 0 aromatic carbocycles. The van der Waals surface area contributed by atoms with E-state index in [9.17, 15) is 0 Å². The van der Waals surface area contributed by atoms with Gasteiger partial charge in [-0.15, -0.1) is 5.10 Å². The zero-order valence-electron chi connectivity index (χ0n) is 7.56. The minimum atomic E-state index is 0.682. The second-order valence-corrected chi connectivity index (χ2v) is 5.68. The molecule has 0 saturated carbocycles. The molecule has 0 radical (unpaired) electrons. The van der Waals surface area contributed by atoms with E-state index in [-0.39, 0.29) is 0 Å². The van der Waals surface area contributed by atoms with Crippen molar-refractivity contribution < 1.29 is 0 Å². The Morgan fingerprint density at radius 1 is 1.69 bits per heavy atom. The van der Waals surface area contributed by atoms with Gasteiger partial charge in [0.25, 0.3) is 0 Å². The summed E-state index contributed by atoms with van der Waals surface area (Å²) < 4.78 is 3.83. The molecule has 72 valence electrons. The van der Waals surface area contributed by atoms with Crippen LogP contribution in [-0.4, -0.2) is 26.6 Å². The Bertz CT molecular complexity index is 250. The van der Waals surface area contributed by atoms with E-state index in [1.807, 2.05) is 6.20 Å². The molecule has 2 unspecified atom stereocenters. The molecular formula is C8H13N3S2. The number of thioether (sulfide) groups is 1. The molecule has 0 aliphatic carbocycles. The van der Waals surface area contributed by atoms with Crippen LogP contribution in [0, 0.1) is 0 Å². The predicted molar refractivity (Wildman–Crippen MR) is 57.1 cm³/mol. The number of aromatic nitrogens is 2. The third kappa shape index (κ3) is 2.65. The van der Waals surface area contributed by atoms with E-state index < -0.39 is 0 Å². The number of nitrogens with zero attached hydrogens (tertiary/aromatic N) is 2. The van der Waals surface area contributed by atoms with Crippen LogP contribution in [0.5, 0.6) is 0 Å². The molecule has 1 aliphatic rings. The van der Waals surface area contributed by atoms with Crippen molar-refractivity contribution in [2.24, 2.45) is 0 Å². The van der Waals surface area contributed by atoms with Crippen molar-refractivity contribution in [1.82, 2.24) is 14.9 Å². The van der Waals surface area contributed by atoms with Crippen LogP contribution in [0.3, 0.4) is 0 Å². The number of nitrogens with one attached hydrogen (secondary N) is 1. The molecule has 2 atom stereocenters. The summed E-state index contributed by atoms with van der Waals surface area (Å²) in [6.07, 6.45) is 3.13. The summed E-state index contributed by atoms with van der Waals surface area (Å²) in [5, 5.41) is 8.15. The topological polar surface area (TPSA) is 37.8 Å². The molecule has 1 aromatic heterocycles. The van der Waals surface area contributed by atoms with E-state index in [1.54, 1.807) is 0 Å². The number of rotatable bonds is 3. The van der Waals surface area contributed by atoms with Gasteiger partial charge in [-0.1, -0.05) is 11.4 Å². The van der Waals surface area contributed by atoms with Crippen LogP contribution in [0.4, 0.5) is 0 Å². The quantitative estimate of drug-likeness (QED) is 0.829. The van der Waals surface area contributed by atoms with Gasteiger partial charge in [-0.2, -0.15) is 11.8 Å². The largest absolute Gasteiger partial charge is 0.308 e. The van der Waals surface area contributed by atoms with Gasteiger partial charge in [-0.3, -0.25) is 0 Å². The first kappa shape index (κ1) is 9.43. The van der Waals surface area contributed by atoms with Gasteiger partial charge in [0.2, 0.25) is 0 Å². The van der Waals surface area contributed by atoms with Crippen molar-refractivity contribution in [3.63, 3.8) is 0 Å². The van der Waals surface area contributed by atoms with Gasteiger partial charge in [0, 0.05) is 23.6 Å². The molecule has 1 fully saturated rings. The molecule has 3 nitrogen and oxygen atoms in total. The summed E-state index contributed by atoms with van der Waals surface area (Å²) in [4.78, 5) is 1.23. The SMILES string of the molecule is CC1CC(NCc2cnns2)CS1. The summed E-state index contributed by atoms with van der Waals surface area (Å²) in [6, 6.07) is 0.682. The second-order valence-electron chi connectivity index (χ2n) is 3.34. The summed E-state index contributed by atoms with van der Waals surface area (Å²) in [7, 11) is 0. The minimum absolute atomic E-state index is 0.682. The Labute approximate surface area is 86.5 Å². The highest BCUT2D eigenvalue weighted by atomic mass is 32.2. The molecular weight excluding hydrogens is 202 g/mol. The van der Waals surface area contributed by atoms with Crippen molar-refractivity contribution in [3.05, 3.63) is 11.1 Å². The zero-order valence-corrected chi connectivity index (χ0v) is 9.20. The maximum absolute atomic E-state index is 3.83. The van der Waals surface area contributed by atoms with E-state index in [0.29, 0.717) is 6.04 Å².